The number of esters is 2. The summed E-state index contributed by atoms with van der Waals surface area (Å²) in [5.74, 6) is -6.07. The van der Waals surface area contributed by atoms with Gasteiger partial charge in [0.15, 0.2) is 0 Å². The number of aliphatic hydroxyl groups is 9. The minimum Gasteiger partial charge on any atom is -0.459 e. The van der Waals surface area contributed by atoms with Gasteiger partial charge < -0.3 is 88.6 Å². The molecule has 0 radical (unpaired) electrons. The van der Waals surface area contributed by atoms with Gasteiger partial charge in [0.1, 0.15) is 12.2 Å². The molecule has 0 aromatic carbocycles. The lowest BCUT2D eigenvalue weighted by atomic mass is 9.78. The lowest BCUT2D eigenvalue weighted by molar-refractivity contribution is -0.154. The van der Waals surface area contributed by atoms with Crippen LogP contribution >= 0.6 is 0 Å². The second-order valence-corrected chi connectivity index (χ2v) is 30.5. The Kier molecular flexibility index (Phi) is 37.6. The van der Waals surface area contributed by atoms with Crippen molar-refractivity contribution in [3.8, 4) is 0 Å². The molecule has 20 heteroatoms. The summed E-state index contributed by atoms with van der Waals surface area (Å²) in [7, 11) is 5.00. The van der Waals surface area contributed by atoms with Gasteiger partial charge in [-0.1, -0.05) is 115 Å². The van der Waals surface area contributed by atoms with Gasteiger partial charge in [-0.05, 0) is 135 Å². The van der Waals surface area contributed by atoms with Crippen LogP contribution in [0.1, 0.15) is 199 Å². The number of cyclic esters (lactones) is 2. The predicted molar refractivity (Wildman–Crippen MR) is 377 cm³/mol. The van der Waals surface area contributed by atoms with E-state index in [1.54, 1.807) is 75.0 Å². The van der Waals surface area contributed by atoms with E-state index in [-0.39, 0.29) is 106 Å². The van der Waals surface area contributed by atoms with E-state index in [4.69, 9.17) is 42.6 Å². The van der Waals surface area contributed by atoms with Gasteiger partial charge in [-0.2, -0.15) is 0 Å². The molecule has 9 N–H and O–H groups in total. The van der Waals surface area contributed by atoms with Gasteiger partial charge in [-0.15, -0.1) is 0 Å². The Labute approximate surface area is 587 Å². The fourth-order valence-electron chi connectivity index (χ4n) is 15.3. The van der Waals surface area contributed by atoms with Crippen LogP contribution in [0.15, 0.2) is 71.9 Å². The van der Waals surface area contributed by atoms with Crippen LogP contribution in [0.5, 0.6) is 0 Å². The summed E-state index contributed by atoms with van der Waals surface area (Å²) >= 11 is 0. The Balaban J connectivity index is 1.35. The first-order valence-electron chi connectivity index (χ1n) is 37.1. The maximum atomic E-state index is 13.9. The summed E-state index contributed by atoms with van der Waals surface area (Å²) in [4.78, 5) is 27.8. The van der Waals surface area contributed by atoms with Gasteiger partial charge in [0.05, 0.1) is 116 Å². The maximum absolute atomic E-state index is 13.9. The molecule has 2 fully saturated rings. The molecule has 5 rings (SSSR count). The third-order valence-corrected chi connectivity index (χ3v) is 22.5. The number of hydrogen-bond donors (Lipinski definition) is 9. The van der Waals surface area contributed by atoms with E-state index in [0.29, 0.717) is 56.1 Å². The summed E-state index contributed by atoms with van der Waals surface area (Å²) < 4.78 is 55.1. The smallest absolute Gasteiger partial charge is 0.331 e. The molecule has 4 bridgehead atoms. The molecule has 30 atom stereocenters. The summed E-state index contributed by atoms with van der Waals surface area (Å²) in [5.41, 5.74) is 1.35. The summed E-state index contributed by atoms with van der Waals surface area (Å²) in [6.45, 7) is 22.1. The van der Waals surface area contributed by atoms with Gasteiger partial charge in [0, 0.05) is 102 Å². The van der Waals surface area contributed by atoms with E-state index in [2.05, 4.69) is 0 Å². The molecular weight excluding hydrogens is 1260 g/mol. The van der Waals surface area contributed by atoms with Crippen LogP contribution in [0.25, 0.3) is 0 Å². The largest absolute Gasteiger partial charge is 0.459 e. The molecule has 5 aliphatic rings. The number of ether oxygens (including phenoxy) is 9. The average Bonchev–Trinajstić information content (AvgIpc) is 0.858. The van der Waals surface area contributed by atoms with Crippen molar-refractivity contribution < 1.29 is 98.2 Å². The monoisotopic (exact) mass is 1390 g/mol. The predicted octanol–water partition coefficient (Wildman–Crippen LogP) is 9.70. The molecule has 0 aliphatic carbocycles. The van der Waals surface area contributed by atoms with E-state index >= 15 is 0 Å². The Bertz CT molecular complexity index is 2320. The molecule has 5 aliphatic heterocycles. The molecule has 0 saturated carbocycles. The lowest BCUT2D eigenvalue weighted by Gasteiger charge is -2.37. The molecule has 0 aromatic heterocycles. The Hall–Kier alpha value is -3.26. The van der Waals surface area contributed by atoms with Crippen LogP contribution in [-0.4, -0.2) is 214 Å². The van der Waals surface area contributed by atoms with Gasteiger partial charge in [0.25, 0.3) is 0 Å². The number of fused-ring (bicyclic) bond motifs is 4. The van der Waals surface area contributed by atoms with Crippen molar-refractivity contribution in [2.75, 3.05) is 27.9 Å². The van der Waals surface area contributed by atoms with E-state index in [0.717, 1.165) is 32.1 Å². The molecule has 0 aromatic rings. The molecular formula is C78H132O20. The first-order chi connectivity index (χ1) is 46.4. The molecule has 5 heterocycles. The highest BCUT2D eigenvalue weighted by Crippen LogP contribution is 2.37. The van der Waals surface area contributed by atoms with Crippen LogP contribution in [0.3, 0.4) is 0 Å². The van der Waals surface area contributed by atoms with Crippen molar-refractivity contribution in [1.29, 1.82) is 0 Å². The topological polar surface area (TPSA) is 299 Å². The Morgan fingerprint density at radius 2 is 0.898 bits per heavy atom. The van der Waals surface area contributed by atoms with Crippen molar-refractivity contribution in [3.05, 3.63) is 71.9 Å². The van der Waals surface area contributed by atoms with Crippen LogP contribution in [0.2, 0.25) is 0 Å². The SMILES string of the molecule is CO[C@H]1CC(CC[C@H](C)[C@H](O)[C@H](C)[C@@H](O)[C@@H](C)[C@H]2C[C@H](O)[C@H](C)[C@@H](OC)CC3CC=C[C@@H](C[C@@H](O)CC=C(C)C=CC(=O)O[C@@H]([C@H](C)[C@H](O)[C@@H](C)[C@@H](O)[C@@H](C)CC[C@H]4C[C@H](OC)C[C@H](C)O4)C[C@H](O)[C@H](C)[C@@H](CO)CC4CC=C[C@@H](C[C@@H](O)CC=C(C)C=CC(=O)O2)O4)O3)O[C@@H](C)C1. The molecule has 3 unspecified atom stereocenters. The average molecular weight is 1390 g/mol. The lowest BCUT2D eigenvalue weighted by Crippen LogP contribution is -2.45. The fraction of sp³-hybridized carbons (Fsp3) is 0.821. The number of carbonyl (C=O) groups excluding carboxylic acids is 2. The second-order valence-electron chi connectivity index (χ2n) is 30.5. The van der Waals surface area contributed by atoms with Crippen molar-refractivity contribution in [3.63, 3.8) is 0 Å². The highest BCUT2D eigenvalue weighted by molar-refractivity contribution is 5.83. The van der Waals surface area contributed by atoms with Crippen LogP contribution in [-0.2, 0) is 52.2 Å². The molecule has 2 saturated heterocycles. The number of rotatable bonds is 20. The first kappa shape index (κ1) is 85.4. The van der Waals surface area contributed by atoms with E-state index in [9.17, 15) is 55.5 Å². The van der Waals surface area contributed by atoms with E-state index in [1.165, 1.54) is 12.2 Å². The quantitative estimate of drug-likeness (QED) is 0.0405. The molecule has 564 valence electrons. The van der Waals surface area contributed by atoms with Crippen molar-refractivity contribution >= 4 is 11.9 Å². The highest BCUT2D eigenvalue weighted by Gasteiger charge is 2.42. The van der Waals surface area contributed by atoms with Crippen molar-refractivity contribution in [2.24, 2.45) is 53.3 Å². The van der Waals surface area contributed by atoms with Gasteiger partial charge in [-0.25, -0.2) is 9.59 Å². The zero-order valence-electron chi connectivity index (χ0n) is 62.0. The van der Waals surface area contributed by atoms with Crippen LogP contribution < -0.4 is 0 Å². The Morgan fingerprint density at radius 1 is 0.490 bits per heavy atom. The molecule has 0 spiro atoms. The van der Waals surface area contributed by atoms with Crippen LogP contribution in [0.4, 0.5) is 0 Å². The number of carbonyl (C=O) groups is 2. The molecule has 20 nitrogen and oxygen atoms in total. The zero-order valence-corrected chi connectivity index (χ0v) is 62.0. The summed E-state index contributed by atoms with van der Waals surface area (Å²) in [6.07, 6.45) is 14.1. The normalized spacial score (nSPS) is 37.1. The van der Waals surface area contributed by atoms with Crippen LogP contribution in [0, 0.1) is 53.3 Å². The number of aliphatic hydroxyl groups excluding tert-OH is 9. The number of methoxy groups -OCH3 is 3. The molecule has 0 amide bonds. The fourth-order valence-corrected chi connectivity index (χ4v) is 15.3. The third-order valence-electron chi connectivity index (χ3n) is 22.5. The number of allylic oxidation sites excluding steroid dienone is 4. The van der Waals surface area contributed by atoms with E-state index in [1.807, 2.05) is 78.0 Å². The minimum absolute atomic E-state index is 0.00962. The van der Waals surface area contributed by atoms with Crippen molar-refractivity contribution in [1.82, 2.24) is 0 Å². The third kappa shape index (κ3) is 28.1. The van der Waals surface area contributed by atoms with Crippen molar-refractivity contribution in [2.45, 2.75) is 327 Å². The minimum atomic E-state index is -1.15. The second kappa shape index (κ2) is 43.1. The van der Waals surface area contributed by atoms with Gasteiger partial charge >= 0.3 is 11.9 Å². The first-order valence-corrected chi connectivity index (χ1v) is 37.1. The van der Waals surface area contributed by atoms with Gasteiger partial charge in [-0.3, -0.25) is 0 Å². The summed E-state index contributed by atoms with van der Waals surface area (Å²) in [6, 6.07) is 0. The Morgan fingerprint density at radius 3 is 1.30 bits per heavy atom. The molecule has 98 heavy (non-hydrogen) atoms. The highest BCUT2D eigenvalue weighted by atomic mass is 16.6. The zero-order chi connectivity index (χ0) is 72.5. The van der Waals surface area contributed by atoms with Gasteiger partial charge in [0.2, 0.25) is 0 Å². The standard InChI is InChI=1S/C78H132O20/c1-45-22-28-58(80)37-61-19-16-18-60(95-61)36-57(44-79)51(7)68(82)42-71(53(9)77(88)55(11)75(86)47(3)26-30-64-39-66(90-13)34-49(5)93-64)97-73(84)32-24-46(2)23-29-59(81)38-62-20-17-21-63(96-62)41-70(92-15)52(8)69(83)43-72(98-74(85)33-25-45)54(10)78(89)56(12)76(87)48(4)27-31-65-40-67(91-14)35-50(6)94-65/h16-17,19-20,22-25,32-33,47-72,75-83,86-89H,18,21,26-31,34-44H2,1-15H3/t47-,48-,49-,50-,51+,52-,53-,54-,55-,56-,57+,58-,59-,60?,61-,62-,63?,64-,65?,66+,67+,68-,69-,70-,71+,72+,75-,76-,77-,78-/m0/s1. The van der Waals surface area contributed by atoms with E-state index < -0.39 is 133 Å². The summed E-state index contributed by atoms with van der Waals surface area (Å²) in [5, 5.41) is 105. The maximum Gasteiger partial charge on any atom is 0.331 e. The number of hydrogen-bond acceptors (Lipinski definition) is 20.